The first-order chi connectivity index (χ1) is 14.0. The lowest BCUT2D eigenvalue weighted by molar-refractivity contribution is -0.138. The van der Waals surface area contributed by atoms with Crippen LogP contribution in [0.3, 0.4) is 0 Å². The van der Waals surface area contributed by atoms with E-state index in [-0.39, 0.29) is 19.3 Å². The second-order valence-electron chi connectivity index (χ2n) is 6.81. The van der Waals surface area contributed by atoms with Crippen LogP contribution in [0.5, 0.6) is 23.0 Å². The predicted octanol–water partition coefficient (Wildman–Crippen LogP) is 0.854. The van der Waals surface area contributed by atoms with Gasteiger partial charge in [0.2, 0.25) is 0 Å². The summed E-state index contributed by atoms with van der Waals surface area (Å²) in [7, 11) is 0. The molecule has 2 aromatic carbocycles. The average molecular weight is 418 g/mol. The Morgan fingerprint density at radius 1 is 0.867 bits per heavy atom. The van der Waals surface area contributed by atoms with E-state index in [1.165, 1.54) is 12.1 Å². The van der Waals surface area contributed by atoms with Gasteiger partial charge in [-0.05, 0) is 43.5 Å². The number of aromatic hydroxyl groups is 4. The van der Waals surface area contributed by atoms with Gasteiger partial charge in [-0.15, -0.1) is 0 Å². The maximum absolute atomic E-state index is 13.2. The Morgan fingerprint density at radius 2 is 1.30 bits per heavy atom. The fourth-order valence-electron chi connectivity index (χ4n) is 2.96. The van der Waals surface area contributed by atoms with Crippen molar-refractivity contribution in [3.05, 3.63) is 47.5 Å². The maximum atomic E-state index is 13.2. The summed E-state index contributed by atoms with van der Waals surface area (Å²) in [6, 6.07) is 5.83. The number of nitrogens with two attached hydrogens (primary N) is 2. The van der Waals surface area contributed by atoms with E-state index < -0.39 is 63.2 Å². The summed E-state index contributed by atoms with van der Waals surface area (Å²) in [5.74, 6) is -6.18. The van der Waals surface area contributed by atoms with Crippen molar-refractivity contribution in [3.63, 3.8) is 0 Å². The minimum atomic E-state index is -2.35. The van der Waals surface area contributed by atoms with Gasteiger partial charge < -0.3 is 37.0 Å². The lowest BCUT2D eigenvalue weighted by Gasteiger charge is -2.28. The van der Waals surface area contributed by atoms with Crippen molar-refractivity contribution in [3.8, 4) is 23.0 Å². The normalized spacial score (nSPS) is 12.3. The van der Waals surface area contributed by atoms with Gasteiger partial charge in [0, 0.05) is 0 Å². The Kier molecular flexibility index (Phi) is 6.65. The maximum Gasteiger partial charge on any atom is 0.320 e. The number of carboxylic acid groups (broad SMARTS) is 1. The second kappa shape index (κ2) is 8.80. The van der Waals surface area contributed by atoms with Crippen LogP contribution in [-0.2, 0) is 4.79 Å². The molecule has 2 rings (SSSR count). The number of aliphatic carboxylic acids is 1. The standard InChI is InChI=1S/C20H22N2O8/c21-12(19(29)30)6-3-9-20(22,17(27)10-4-1-7-13(23)15(10)25)18(28)11-5-2-8-14(24)16(11)26/h1-2,4-5,7-8,12,23-26H,3,6,9,21-22H2,(H,29,30)/t12-/m0/s1. The van der Waals surface area contributed by atoms with Gasteiger partial charge in [0.05, 0.1) is 11.1 Å². The number of carbonyl (C=O) groups excluding carboxylic acids is 2. The first-order valence-electron chi connectivity index (χ1n) is 8.89. The molecule has 0 bridgehead atoms. The van der Waals surface area contributed by atoms with Crippen molar-refractivity contribution < 1.29 is 39.9 Å². The Bertz CT molecular complexity index is 925. The molecule has 160 valence electrons. The van der Waals surface area contributed by atoms with Crippen molar-refractivity contribution in [1.82, 2.24) is 0 Å². The molecule has 10 heteroatoms. The molecule has 0 fully saturated rings. The van der Waals surface area contributed by atoms with Crippen LogP contribution in [0.25, 0.3) is 0 Å². The van der Waals surface area contributed by atoms with Gasteiger partial charge >= 0.3 is 5.97 Å². The van der Waals surface area contributed by atoms with Crippen LogP contribution in [0.1, 0.15) is 40.0 Å². The molecule has 2 aromatic rings. The van der Waals surface area contributed by atoms with Crippen LogP contribution in [0, 0.1) is 0 Å². The van der Waals surface area contributed by atoms with Gasteiger partial charge in [-0.1, -0.05) is 12.1 Å². The number of phenolic OH excluding ortho intramolecular Hbond substituents is 4. The predicted molar refractivity (Wildman–Crippen MR) is 105 cm³/mol. The Balaban J connectivity index is 2.49. The third kappa shape index (κ3) is 4.34. The van der Waals surface area contributed by atoms with E-state index in [1.54, 1.807) is 0 Å². The molecule has 0 radical (unpaired) electrons. The molecule has 0 aromatic heterocycles. The van der Waals surface area contributed by atoms with Crippen molar-refractivity contribution in [1.29, 1.82) is 0 Å². The van der Waals surface area contributed by atoms with Gasteiger partial charge in [-0.2, -0.15) is 0 Å². The SMILES string of the molecule is N[C@@H](CCCC(N)(C(=O)c1cccc(O)c1O)C(=O)c1cccc(O)c1O)C(=O)O. The van der Waals surface area contributed by atoms with Crippen molar-refractivity contribution in [2.45, 2.75) is 30.8 Å². The lowest BCUT2D eigenvalue weighted by atomic mass is 9.78. The number of benzene rings is 2. The minimum absolute atomic E-state index is 0.0550. The molecular weight excluding hydrogens is 396 g/mol. The highest BCUT2D eigenvalue weighted by atomic mass is 16.4. The summed E-state index contributed by atoms with van der Waals surface area (Å²) in [5.41, 5.74) is 8.40. The van der Waals surface area contributed by atoms with Crippen molar-refractivity contribution in [2.75, 3.05) is 0 Å². The summed E-state index contributed by atoms with van der Waals surface area (Å²) in [6.45, 7) is 0. The summed E-state index contributed by atoms with van der Waals surface area (Å²) in [4.78, 5) is 37.2. The first kappa shape index (κ1) is 22.7. The smallest absolute Gasteiger partial charge is 0.320 e. The number of hydrogen-bond acceptors (Lipinski definition) is 9. The van der Waals surface area contributed by atoms with Crippen LogP contribution in [-0.4, -0.2) is 54.6 Å². The van der Waals surface area contributed by atoms with E-state index >= 15 is 0 Å². The molecule has 30 heavy (non-hydrogen) atoms. The highest BCUT2D eigenvalue weighted by molar-refractivity contribution is 6.25. The topological polar surface area (TPSA) is 204 Å². The molecule has 0 aliphatic carbocycles. The zero-order valence-corrected chi connectivity index (χ0v) is 15.8. The first-order valence-corrected chi connectivity index (χ1v) is 8.89. The monoisotopic (exact) mass is 418 g/mol. The summed E-state index contributed by atoms with van der Waals surface area (Å²) < 4.78 is 0. The molecule has 10 nitrogen and oxygen atoms in total. The fourth-order valence-corrected chi connectivity index (χ4v) is 2.96. The average Bonchev–Trinajstić information content (AvgIpc) is 2.70. The molecule has 1 atom stereocenters. The summed E-state index contributed by atoms with van der Waals surface area (Å²) in [6.07, 6.45) is -0.538. The largest absolute Gasteiger partial charge is 0.504 e. The van der Waals surface area contributed by atoms with Gasteiger partial charge in [0.15, 0.2) is 34.6 Å². The van der Waals surface area contributed by atoms with Gasteiger partial charge in [0.25, 0.3) is 0 Å². The Labute approximate surface area is 171 Å². The fraction of sp³-hybridized carbons (Fsp3) is 0.250. The van der Waals surface area contributed by atoms with Crippen LogP contribution < -0.4 is 11.5 Å². The van der Waals surface area contributed by atoms with Crippen LogP contribution in [0.2, 0.25) is 0 Å². The minimum Gasteiger partial charge on any atom is -0.504 e. The van der Waals surface area contributed by atoms with E-state index in [0.717, 1.165) is 24.3 Å². The zero-order valence-electron chi connectivity index (χ0n) is 15.8. The quantitative estimate of drug-likeness (QED) is 0.174. The second-order valence-corrected chi connectivity index (χ2v) is 6.81. The Morgan fingerprint density at radius 3 is 1.70 bits per heavy atom. The molecule has 0 aliphatic heterocycles. The molecule has 9 N–H and O–H groups in total. The van der Waals surface area contributed by atoms with E-state index in [4.69, 9.17) is 16.6 Å². The van der Waals surface area contributed by atoms with E-state index in [1.807, 2.05) is 0 Å². The number of carbonyl (C=O) groups is 3. The number of ketones is 2. The molecule has 0 amide bonds. The highest BCUT2D eigenvalue weighted by Gasteiger charge is 2.44. The van der Waals surface area contributed by atoms with E-state index in [2.05, 4.69) is 0 Å². The Hall–Kier alpha value is -3.63. The molecule has 0 unspecified atom stereocenters. The lowest BCUT2D eigenvalue weighted by Crippen LogP contribution is -2.55. The van der Waals surface area contributed by atoms with E-state index in [9.17, 15) is 34.8 Å². The highest BCUT2D eigenvalue weighted by Crippen LogP contribution is 2.36. The van der Waals surface area contributed by atoms with Gasteiger partial charge in [-0.25, -0.2) is 0 Å². The number of rotatable bonds is 9. The molecular formula is C20H22N2O8. The van der Waals surface area contributed by atoms with Gasteiger partial charge in [-0.3, -0.25) is 14.4 Å². The number of phenols is 4. The van der Waals surface area contributed by atoms with Crippen molar-refractivity contribution >= 4 is 17.5 Å². The van der Waals surface area contributed by atoms with Crippen LogP contribution in [0.15, 0.2) is 36.4 Å². The number of Topliss-reactive ketones (excluding diaryl/α,β-unsaturated/α-hetero) is 2. The van der Waals surface area contributed by atoms with Crippen LogP contribution >= 0.6 is 0 Å². The number of para-hydroxylation sites is 2. The zero-order chi connectivity index (χ0) is 22.6. The molecule has 0 spiro atoms. The number of carboxylic acids is 1. The molecule has 0 heterocycles. The van der Waals surface area contributed by atoms with Gasteiger partial charge in [0.1, 0.15) is 11.6 Å². The number of hydrogen-bond donors (Lipinski definition) is 7. The third-order valence-corrected chi connectivity index (χ3v) is 4.73. The summed E-state index contributed by atoms with van der Waals surface area (Å²) in [5, 5.41) is 48.4. The molecule has 0 saturated heterocycles. The van der Waals surface area contributed by atoms with Crippen molar-refractivity contribution in [2.24, 2.45) is 11.5 Å². The van der Waals surface area contributed by atoms with E-state index in [0.29, 0.717) is 0 Å². The molecule has 0 saturated carbocycles. The van der Waals surface area contributed by atoms with Crippen LogP contribution in [0.4, 0.5) is 0 Å². The molecule has 0 aliphatic rings. The third-order valence-electron chi connectivity index (χ3n) is 4.73. The summed E-state index contributed by atoms with van der Waals surface area (Å²) >= 11 is 0.